The number of carbonyl (C=O) groups excluding carboxylic acids is 1. The number of rotatable bonds is 5. The molecule has 0 bridgehead atoms. The van der Waals surface area contributed by atoms with Gasteiger partial charge in [-0.3, -0.25) is 4.79 Å². The summed E-state index contributed by atoms with van der Waals surface area (Å²) in [5.41, 5.74) is 0.387. The van der Waals surface area contributed by atoms with Gasteiger partial charge in [-0.05, 0) is 32.3 Å². The molecule has 0 atom stereocenters. The van der Waals surface area contributed by atoms with E-state index in [1.165, 1.54) is 30.6 Å². The summed E-state index contributed by atoms with van der Waals surface area (Å²) in [6.45, 7) is 0.245. The molecule has 20 heavy (non-hydrogen) atoms. The zero-order valence-corrected chi connectivity index (χ0v) is 12.2. The smallest absolute Gasteiger partial charge is 0.267 e. The van der Waals surface area contributed by atoms with Gasteiger partial charge in [0.15, 0.2) is 5.78 Å². The monoisotopic (exact) mass is 292 g/mol. The van der Waals surface area contributed by atoms with E-state index in [1.807, 2.05) is 0 Å². The molecule has 6 heteroatoms. The summed E-state index contributed by atoms with van der Waals surface area (Å²) in [6, 6.07) is 9.64. The van der Waals surface area contributed by atoms with Crippen LogP contribution in [0.2, 0.25) is 0 Å². The third-order valence-electron chi connectivity index (χ3n) is 2.77. The quantitative estimate of drug-likeness (QED) is 0.783. The van der Waals surface area contributed by atoms with Gasteiger partial charge in [0, 0.05) is 18.0 Å². The van der Waals surface area contributed by atoms with Crippen molar-refractivity contribution in [2.75, 3.05) is 20.6 Å². The predicted molar refractivity (Wildman–Crippen MR) is 76.3 cm³/mol. The van der Waals surface area contributed by atoms with Crippen LogP contribution in [0.5, 0.6) is 0 Å². The maximum atomic E-state index is 12.3. The van der Waals surface area contributed by atoms with E-state index < -0.39 is 10.0 Å². The average Bonchev–Trinajstić information content (AvgIpc) is 2.89. The lowest BCUT2D eigenvalue weighted by molar-refractivity contribution is 0.0958. The third kappa shape index (κ3) is 2.97. The molecule has 106 valence electrons. The molecule has 0 amide bonds. The van der Waals surface area contributed by atoms with Crippen LogP contribution in [0, 0.1) is 0 Å². The van der Waals surface area contributed by atoms with E-state index in [-0.39, 0.29) is 17.2 Å². The van der Waals surface area contributed by atoms with Gasteiger partial charge in [-0.15, -0.1) is 0 Å². The minimum Gasteiger partial charge on any atom is -0.302 e. The summed E-state index contributed by atoms with van der Waals surface area (Å²) in [4.78, 5) is 13.8. The molecule has 2 aromatic rings. The Hall–Kier alpha value is -1.92. The second-order valence-electron chi connectivity index (χ2n) is 4.71. The molecule has 0 aliphatic carbocycles. The zero-order chi connectivity index (χ0) is 14.8. The highest BCUT2D eigenvalue weighted by Gasteiger charge is 2.18. The Labute approximate surface area is 118 Å². The maximum Gasteiger partial charge on any atom is 0.267 e. The first-order valence-corrected chi connectivity index (χ1v) is 7.52. The highest BCUT2D eigenvalue weighted by atomic mass is 32.2. The SMILES string of the molecule is CN(C)CC(=O)c1ccn(S(=O)(=O)c2ccccc2)c1. The maximum absolute atomic E-state index is 12.3. The lowest BCUT2D eigenvalue weighted by atomic mass is 10.2. The van der Waals surface area contributed by atoms with Crippen LogP contribution in [0.15, 0.2) is 53.7 Å². The second-order valence-corrected chi connectivity index (χ2v) is 6.55. The molecule has 0 saturated heterocycles. The van der Waals surface area contributed by atoms with Crippen LogP contribution in [-0.4, -0.2) is 43.7 Å². The molecule has 0 radical (unpaired) electrons. The standard InChI is InChI=1S/C14H16N2O3S/c1-15(2)11-14(17)12-8-9-16(10-12)20(18,19)13-6-4-3-5-7-13/h3-10H,11H2,1-2H3. The van der Waals surface area contributed by atoms with Gasteiger partial charge in [0.1, 0.15) is 0 Å². The topological polar surface area (TPSA) is 59.4 Å². The summed E-state index contributed by atoms with van der Waals surface area (Å²) in [6.07, 6.45) is 2.75. The number of hydrogen-bond donors (Lipinski definition) is 0. The first kappa shape index (κ1) is 14.5. The number of ketones is 1. The van der Waals surface area contributed by atoms with E-state index in [2.05, 4.69) is 0 Å². The number of Topliss-reactive ketones (excluding diaryl/α,β-unsaturated/α-hetero) is 1. The van der Waals surface area contributed by atoms with Gasteiger partial charge in [0.2, 0.25) is 0 Å². The van der Waals surface area contributed by atoms with Crippen molar-refractivity contribution in [2.24, 2.45) is 0 Å². The van der Waals surface area contributed by atoms with Gasteiger partial charge < -0.3 is 4.90 Å². The van der Waals surface area contributed by atoms with Gasteiger partial charge in [-0.25, -0.2) is 12.4 Å². The minimum absolute atomic E-state index is 0.114. The van der Waals surface area contributed by atoms with Crippen LogP contribution in [0.3, 0.4) is 0 Å². The summed E-state index contributed by atoms with van der Waals surface area (Å²) in [5.74, 6) is -0.114. The Bertz CT molecular complexity index is 703. The van der Waals surface area contributed by atoms with Gasteiger partial charge in [-0.1, -0.05) is 18.2 Å². The molecule has 5 nitrogen and oxygen atoms in total. The lowest BCUT2D eigenvalue weighted by Gasteiger charge is -2.07. The first-order valence-electron chi connectivity index (χ1n) is 6.08. The Balaban J connectivity index is 2.32. The summed E-state index contributed by atoms with van der Waals surface area (Å²) < 4.78 is 25.7. The van der Waals surface area contributed by atoms with Crippen LogP contribution in [0.25, 0.3) is 0 Å². The molecular formula is C14H16N2O3S. The molecule has 1 heterocycles. The first-order chi connectivity index (χ1) is 9.41. The third-order valence-corrected chi connectivity index (χ3v) is 4.42. The predicted octanol–water partition coefficient (Wildman–Crippen LogP) is 1.47. The van der Waals surface area contributed by atoms with Gasteiger partial charge in [0.05, 0.1) is 11.4 Å². The van der Waals surface area contributed by atoms with Crippen LogP contribution in [0.1, 0.15) is 10.4 Å². The molecule has 0 aliphatic heterocycles. The van der Waals surface area contributed by atoms with Crippen molar-refractivity contribution in [1.82, 2.24) is 8.87 Å². The van der Waals surface area contributed by atoms with Crippen molar-refractivity contribution in [3.8, 4) is 0 Å². The van der Waals surface area contributed by atoms with Crippen molar-refractivity contribution >= 4 is 15.8 Å². The zero-order valence-electron chi connectivity index (χ0n) is 11.4. The lowest BCUT2D eigenvalue weighted by Crippen LogP contribution is -2.21. The minimum atomic E-state index is -3.63. The van der Waals surface area contributed by atoms with E-state index in [0.717, 1.165) is 3.97 Å². The number of benzene rings is 1. The largest absolute Gasteiger partial charge is 0.302 e. The molecular weight excluding hydrogens is 276 g/mol. The summed E-state index contributed by atoms with van der Waals surface area (Å²) >= 11 is 0. The number of likely N-dealkylation sites (N-methyl/N-ethyl adjacent to an activating group) is 1. The molecule has 0 spiro atoms. The Kier molecular flexibility index (Phi) is 4.06. The Morgan fingerprint density at radius 2 is 1.80 bits per heavy atom. The van der Waals surface area contributed by atoms with E-state index >= 15 is 0 Å². The molecule has 0 N–H and O–H groups in total. The van der Waals surface area contributed by atoms with Crippen molar-refractivity contribution < 1.29 is 13.2 Å². The summed E-state index contributed by atoms with van der Waals surface area (Å²) in [7, 11) is -0.0547. The van der Waals surface area contributed by atoms with Crippen molar-refractivity contribution in [2.45, 2.75) is 4.90 Å². The van der Waals surface area contributed by atoms with Crippen LogP contribution >= 0.6 is 0 Å². The van der Waals surface area contributed by atoms with E-state index in [9.17, 15) is 13.2 Å². The normalized spacial score (nSPS) is 11.8. The number of aromatic nitrogens is 1. The van der Waals surface area contributed by atoms with Gasteiger partial charge in [0.25, 0.3) is 10.0 Å². The average molecular weight is 292 g/mol. The highest BCUT2D eigenvalue weighted by molar-refractivity contribution is 7.90. The Morgan fingerprint density at radius 1 is 1.15 bits per heavy atom. The second kappa shape index (κ2) is 5.60. The molecule has 1 aromatic carbocycles. The number of carbonyl (C=O) groups is 1. The highest BCUT2D eigenvalue weighted by Crippen LogP contribution is 2.15. The summed E-state index contributed by atoms with van der Waals surface area (Å²) in [5, 5.41) is 0. The van der Waals surface area contributed by atoms with E-state index in [0.29, 0.717) is 5.56 Å². The number of nitrogens with zero attached hydrogens (tertiary/aromatic N) is 2. The molecule has 2 rings (SSSR count). The Morgan fingerprint density at radius 3 is 2.40 bits per heavy atom. The fraction of sp³-hybridized carbons (Fsp3) is 0.214. The van der Waals surface area contributed by atoms with Crippen LogP contribution in [0.4, 0.5) is 0 Å². The molecule has 0 aliphatic rings. The molecule has 0 unspecified atom stereocenters. The van der Waals surface area contributed by atoms with Crippen LogP contribution < -0.4 is 0 Å². The van der Waals surface area contributed by atoms with E-state index in [1.54, 1.807) is 37.2 Å². The van der Waals surface area contributed by atoms with E-state index in [4.69, 9.17) is 0 Å². The van der Waals surface area contributed by atoms with Crippen molar-refractivity contribution in [3.05, 3.63) is 54.4 Å². The fourth-order valence-corrected chi connectivity index (χ4v) is 3.00. The fourth-order valence-electron chi connectivity index (χ4n) is 1.78. The van der Waals surface area contributed by atoms with Gasteiger partial charge in [-0.2, -0.15) is 0 Å². The number of hydrogen-bond acceptors (Lipinski definition) is 4. The van der Waals surface area contributed by atoms with Gasteiger partial charge >= 0.3 is 0 Å². The molecule has 0 fully saturated rings. The van der Waals surface area contributed by atoms with Crippen molar-refractivity contribution in [1.29, 1.82) is 0 Å². The van der Waals surface area contributed by atoms with Crippen molar-refractivity contribution in [3.63, 3.8) is 0 Å². The van der Waals surface area contributed by atoms with Crippen LogP contribution in [-0.2, 0) is 10.0 Å². The molecule has 0 saturated carbocycles. The molecule has 1 aromatic heterocycles.